The number of para-hydroxylation sites is 1. The molecule has 1 aliphatic heterocycles. The second-order valence-electron chi connectivity index (χ2n) is 5.34. The molecule has 2 aromatic carbocycles. The number of rotatable bonds is 2. The molecule has 23 heavy (non-hydrogen) atoms. The molecular formula is C18H16BrFN2S. The third kappa shape index (κ3) is 2.95. The molecule has 3 aromatic rings. The second kappa shape index (κ2) is 6.89. The molecule has 2 heterocycles. The average Bonchev–Trinajstić information content (AvgIpc) is 2.96. The third-order valence-corrected chi connectivity index (χ3v) is 5.09. The van der Waals surface area contributed by atoms with Crippen LogP contribution in [0.5, 0.6) is 0 Å². The molecule has 4 rings (SSSR count). The number of hydrogen-bond donors (Lipinski definition) is 0. The molecule has 0 radical (unpaired) electrons. The van der Waals surface area contributed by atoms with Crippen LogP contribution in [0, 0.1) is 5.82 Å². The number of nitrogens with zero attached hydrogens (tertiary/aromatic N) is 2. The van der Waals surface area contributed by atoms with Crippen LogP contribution in [0.25, 0.3) is 16.9 Å². The first-order valence-corrected chi connectivity index (χ1v) is 8.41. The monoisotopic (exact) mass is 390 g/mol. The van der Waals surface area contributed by atoms with Crippen LogP contribution in [0.2, 0.25) is 0 Å². The fraction of sp³-hybridized carbons (Fsp3) is 0.167. The minimum Gasteiger partial charge on any atom is -1.00 e. The zero-order valence-electron chi connectivity index (χ0n) is 12.5. The standard InChI is InChI=1S/C18H16FN2S.BrH/c19-16-10-5-4-9-15(16)17-13-21(14-7-2-1-3-8-14)18-20(17)11-6-12-22-18;/h1-5,7-10,13H,6,11-12H2;1H/q+1;/p-1. The lowest BCUT2D eigenvalue weighted by Crippen LogP contribution is -3.00. The maximum atomic E-state index is 14.2. The lowest BCUT2D eigenvalue weighted by atomic mass is 10.1. The fourth-order valence-corrected chi connectivity index (χ4v) is 3.99. The van der Waals surface area contributed by atoms with Gasteiger partial charge in [-0.25, -0.2) is 8.96 Å². The van der Waals surface area contributed by atoms with Gasteiger partial charge in [-0.3, -0.25) is 0 Å². The first kappa shape index (κ1) is 16.3. The number of aromatic nitrogens is 2. The molecule has 0 unspecified atom stereocenters. The molecular weight excluding hydrogens is 375 g/mol. The van der Waals surface area contributed by atoms with Crippen molar-refractivity contribution in [2.75, 3.05) is 5.75 Å². The van der Waals surface area contributed by atoms with Crippen LogP contribution in [0.15, 0.2) is 66.0 Å². The highest BCUT2D eigenvalue weighted by Gasteiger charge is 2.29. The fourth-order valence-electron chi connectivity index (χ4n) is 2.89. The van der Waals surface area contributed by atoms with E-state index in [4.69, 9.17) is 0 Å². The van der Waals surface area contributed by atoms with Crippen molar-refractivity contribution >= 4 is 11.8 Å². The molecule has 0 atom stereocenters. The highest BCUT2D eigenvalue weighted by Crippen LogP contribution is 2.29. The molecule has 5 heteroatoms. The van der Waals surface area contributed by atoms with Crippen molar-refractivity contribution in [3.8, 4) is 16.9 Å². The van der Waals surface area contributed by atoms with E-state index in [0.717, 1.165) is 30.1 Å². The van der Waals surface area contributed by atoms with Crippen molar-refractivity contribution in [3.63, 3.8) is 0 Å². The summed E-state index contributed by atoms with van der Waals surface area (Å²) in [5.74, 6) is 0.937. The Balaban J connectivity index is 0.00000156. The summed E-state index contributed by atoms with van der Waals surface area (Å²) in [4.78, 5) is 0. The van der Waals surface area contributed by atoms with Gasteiger partial charge in [0.05, 0.1) is 12.1 Å². The van der Waals surface area contributed by atoms with E-state index in [0.29, 0.717) is 5.56 Å². The summed E-state index contributed by atoms with van der Waals surface area (Å²) in [6, 6.07) is 17.2. The predicted octanol–water partition coefficient (Wildman–Crippen LogP) is 1.07. The Bertz CT molecular complexity index is 817. The Morgan fingerprint density at radius 3 is 2.52 bits per heavy atom. The smallest absolute Gasteiger partial charge is 0.323 e. The summed E-state index contributed by atoms with van der Waals surface area (Å²) < 4.78 is 18.6. The molecule has 0 bridgehead atoms. The Morgan fingerprint density at radius 1 is 1.00 bits per heavy atom. The Hall–Kier alpha value is -1.59. The number of imidazole rings is 1. The summed E-state index contributed by atoms with van der Waals surface area (Å²) >= 11 is 1.83. The van der Waals surface area contributed by atoms with E-state index >= 15 is 0 Å². The van der Waals surface area contributed by atoms with Gasteiger partial charge in [-0.1, -0.05) is 30.3 Å². The van der Waals surface area contributed by atoms with E-state index in [9.17, 15) is 4.39 Å². The summed E-state index contributed by atoms with van der Waals surface area (Å²) in [5.41, 5.74) is 2.73. The number of hydrogen-bond acceptors (Lipinski definition) is 1. The topological polar surface area (TPSA) is 8.81 Å². The van der Waals surface area contributed by atoms with E-state index in [1.165, 1.54) is 11.2 Å². The van der Waals surface area contributed by atoms with Crippen LogP contribution in [0.4, 0.5) is 4.39 Å². The number of fused-ring (bicyclic) bond motifs is 1. The van der Waals surface area contributed by atoms with Gasteiger partial charge in [-0.05, 0) is 42.4 Å². The third-order valence-electron chi connectivity index (χ3n) is 3.92. The van der Waals surface area contributed by atoms with E-state index in [1.54, 1.807) is 6.07 Å². The zero-order chi connectivity index (χ0) is 14.9. The molecule has 0 amide bonds. The molecule has 0 fully saturated rings. The normalized spacial score (nSPS) is 13.3. The Morgan fingerprint density at radius 2 is 1.74 bits per heavy atom. The molecule has 2 nitrogen and oxygen atoms in total. The van der Waals surface area contributed by atoms with E-state index in [1.807, 2.05) is 42.1 Å². The van der Waals surface area contributed by atoms with Crippen LogP contribution >= 0.6 is 11.8 Å². The Kier molecular flexibility index (Phi) is 4.87. The molecule has 1 aromatic heterocycles. The van der Waals surface area contributed by atoms with Gasteiger partial charge in [-0.2, -0.15) is 4.57 Å². The number of benzene rings is 2. The molecule has 1 aliphatic rings. The Labute approximate surface area is 149 Å². The summed E-state index contributed by atoms with van der Waals surface area (Å²) in [5, 5.41) is 1.18. The van der Waals surface area contributed by atoms with Crippen LogP contribution in [-0.4, -0.2) is 10.3 Å². The molecule has 0 saturated heterocycles. The zero-order valence-corrected chi connectivity index (χ0v) is 14.9. The van der Waals surface area contributed by atoms with Crippen LogP contribution in [0.3, 0.4) is 0 Å². The van der Waals surface area contributed by atoms with Crippen molar-refractivity contribution < 1.29 is 25.9 Å². The second-order valence-corrected chi connectivity index (χ2v) is 6.40. The molecule has 0 spiro atoms. The largest absolute Gasteiger partial charge is 1.00 e. The molecule has 0 aliphatic carbocycles. The maximum absolute atomic E-state index is 14.2. The van der Waals surface area contributed by atoms with Gasteiger partial charge in [0.15, 0.2) is 5.69 Å². The van der Waals surface area contributed by atoms with Gasteiger partial charge in [0.2, 0.25) is 0 Å². The summed E-state index contributed by atoms with van der Waals surface area (Å²) in [6.07, 6.45) is 3.17. The predicted molar refractivity (Wildman–Crippen MR) is 86.7 cm³/mol. The lowest BCUT2D eigenvalue weighted by Gasteiger charge is -2.10. The average molecular weight is 391 g/mol. The molecule has 118 valence electrons. The minimum atomic E-state index is -0.168. The van der Waals surface area contributed by atoms with Crippen molar-refractivity contribution in [2.24, 2.45) is 0 Å². The quantitative estimate of drug-likeness (QED) is 0.594. The lowest BCUT2D eigenvalue weighted by molar-refractivity contribution is -0.724. The van der Waals surface area contributed by atoms with E-state index < -0.39 is 0 Å². The van der Waals surface area contributed by atoms with Crippen LogP contribution in [0.1, 0.15) is 6.42 Å². The first-order chi connectivity index (χ1) is 10.8. The van der Waals surface area contributed by atoms with Crippen molar-refractivity contribution in [1.82, 2.24) is 4.57 Å². The molecule has 0 N–H and O–H groups in total. The highest BCUT2D eigenvalue weighted by molar-refractivity contribution is 7.99. The van der Waals surface area contributed by atoms with Gasteiger partial charge in [0.1, 0.15) is 17.7 Å². The molecule has 0 saturated carbocycles. The van der Waals surface area contributed by atoms with E-state index in [-0.39, 0.29) is 22.8 Å². The number of thioether (sulfide) groups is 1. The van der Waals surface area contributed by atoms with Gasteiger partial charge in [0, 0.05) is 5.75 Å². The van der Waals surface area contributed by atoms with Gasteiger partial charge in [0.25, 0.3) is 0 Å². The van der Waals surface area contributed by atoms with Gasteiger partial charge in [-0.15, -0.1) is 0 Å². The highest BCUT2D eigenvalue weighted by atomic mass is 79.9. The SMILES string of the molecule is Fc1ccccc1-c1cn(-c2ccccc2)c2[n+]1CCCS2.[Br-]. The minimum absolute atomic E-state index is 0. The van der Waals surface area contributed by atoms with Crippen LogP contribution < -0.4 is 21.5 Å². The van der Waals surface area contributed by atoms with Crippen molar-refractivity contribution in [3.05, 3.63) is 66.6 Å². The first-order valence-electron chi connectivity index (χ1n) is 7.43. The van der Waals surface area contributed by atoms with Crippen LogP contribution in [-0.2, 0) is 6.54 Å². The summed E-state index contributed by atoms with van der Waals surface area (Å²) in [7, 11) is 0. The van der Waals surface area contributed by atoms with Crippen molar-refractivity contribution in [1.29, 1.82) is 0 Å². The van der Waals surface area contributed by atoms with Gasteiger partial charge >= 0.3 is 5.16 Å². The summed E-state index contributed by atoms with van der Waals surface area (Å²) in [6.45, 7) is 0.936. The number of halogens is 2. The van der Waals surface area contributed by atoms with Gasteiger partial charge < -0.3 is 17.0 Å². The van der Waals surface area contributed by atoms with E-state index in [2.05, 4.69) is 27.5 Å². The maximum Gasteiger partial charge on any atom is 0.323 e. The van der Waals surface area contributed by atoms with Crippen molar-refractivity contribution in [2.45, 2.75) is 18.1 Å².